The molecule has 0 amide bonds. The van der Waals surface area contributed by atoms with E-state index >= 15 is 0 Å². The first kappa shape index (κ1) is 45.1. The molecule has 0 aromatic heterocycles. The van der Waals surface area contributed by atoms with Gasteiger partial charge in [-0.05, 0) is 12.8 Å². The molecule has 0 aliphatic rings. The van der Waals surface area contributed by atoms with E-state index in [0.717, 1.165) is 38.5 Å². The number of Topliss-reactive ketones (excluding diaryl/α,β-unsaturated/α-hetero) is 1. The van der Waals surface area contributed by atoms with Crippen LogP contribution in [0.2, 0.25) is 0 Å². The SMILES string of the molecule is CCCCCCCCCCCCCCCCCCC(=O)OC(C(=O)CCCCCCCCCCCCCCCCCC)C(O)CO. The zero-order valence-electron chi connectivity index (χ0n) is 31.0. The third-order valence-electron chi connectivity index (χ3n) is 9.62. The van der Waals surface area contributed by atoms with Crippen LogP contribution in [0.5, 0.6) is 0 Å². The molecular weight excluding hydrogens is 572 g/mol. The summed E-state index contributed by atoms with van der Waals surface area (Å²) in [5.41, 5.74) is 0. The van der Waals surface area contributed by atoms with Crippen LogP contribution in [0.25, 0.3) is 0 Å². The number of carbonyl (C=O) groups is 2. The normalized spacial score (nSPS) is 12.8. The summed E-state index contributed by atoms with van der Waals surface area (Å²) < 4.78 is 5.37. The minimum atomic E-state index is -1.34. The lowest BCUT2D eigenvalue weighted by Gasteiger charge is -2.20. The minimum Gasteiger partial charge on any atom is -0.451 e. The third kappa shape index (κ3) is 31.6. The van der Waals surface area contributed by atoms with Gasteiger partial charge in [0.25, 0.3) is 0 Å². The Morgan fingerprint density at radius 1 is 0.435 bits per heavy atom. The molecule has 0 spiro atoms. The highest BCUT2D eigenvalue weighted by atomic mass is 16.6. The van der Waals surface area contributed by atoms with Crippen molar-refractivity contribution < 1.29 is 24.5 Å². The fourth-order valence-corrected chi connectivity index (χ4v) is 6.46. The summed E-state index contributed by atoms with van der Waals surface area (Å²) in [5.74, 6) is -0.713. The van der Waals surface area contributed by atoms with Gasteiger partial charge in [0.1, 0.15) is 6.10 Å². The molecule has 5 heteroatoms. The number of ketones is 1. The number of unbranched alkanes of at least 4 members (excludes halogenated alkanes) is 30. The van der Waals surface area contributed by atoms with Gasteiger partial charge in [0.05, 0.1) is 6.61 Å². The summed E-state index contributed by atoms with van der Waals surface area (Å²) in [5, 5.41) is 19.5. The lowest BCUT2D eigenvalue weighted by molar-refractivity contribution is -0.163. The lowest BCUT2D eigenvalue weighted by atomic mass is 10.0. The van der Waals surface area contributed by atoms with E-state index in [-0.39, 0.29) is 18.6 Å². The molecule has 2 N–H and O–H groups in total. The first-order valence-electron chi connectivity index (χ1n) is 20.6. The van der Waals surface area contributed by atoms with Crippen molar-refractivity contribution in [3.63, 3.8) is 0 Å². The second-order valence-electron chi connectivity index (χ2n) is 14.2. The van der Waals surface area contributed by atoms with E-state index in [1.807, 2.05) is 0 Å². The molecule has 0 heterocycles. The molecule has 0 rings (SSSR count). The number of aliphatic hydroxyl groups excluding tert-OH is 2. The van der Waals surface area contributed by atoms with Crippen LogP contribution in [0.15, 0.2) is 0 Å². The van der Waals surface area contributed by atoms with Crippen molar-refractivity contribution >= 4 is 11.8 Å². The van der Waals surface area contributed by atoms with Crippen LogP contribution in [-0.4, -0.2) is 40.8 Å². The van der Waals surface area contributed by atoms with Crippen LogP contribution in [-0.2, 0) is 14.3 Å². The topological polar surface area (TPSA) is 83.8 Å². The molecule has 2 unspecified atom stereocenters. The van der Waals surface area contributed by atoms with E-state index in [4.69, 9.17) is 4.74 Å². The largest absolute Gasteiger partial charge is 0.451 e. The van der Waals surface area contributed by atoms with Gasteiger partial charge >= 0.3 is 5.97 Å². The van der Waals surface area contributed by atoms with Crippen molar-refractivity contribution in [3.8, 4) is 0 Å². The maximum absolute atomic E-state index is 12.7. The highest BCUT2D eigenvalue weighted by Gasteiger charge is 2.29. The van der Waals surface area contributed by atoms with E-state index in [1.165, 1.54) is 167 Å². The number of aliphatic hydroxyl groups is 2. The summed E-state index contributed by atoms with van der Waals surface area (Å²) >= 11 is 0. The summed E-state index contributed by atoms with van der Waals surface area (Å²) in [7, 11) is 0. The highest BCUT2D eigenvalue weighted by Crippen LogP contribution is 2.17. The van der Waals surface area contributed by atoms with Gasteiger partial charge in [0, 0.05) is 12.8 Å². The standard InChI is InChI=1S/C41H80O5/c1-3-5-7-9-11-13-15-17-19-21-23-25-27-29-31-33-35-38(43)41(39(44)37-42)46-40(45)36-34-32-30-28-26-24-22-20-18-16-14-12-10-8-6-4-2/h39,41-42,44H,3-37H2,1-2H3. The van der Waals surface area contributed by atoms with Crippen molar-refractivity contribution in [1.29, 1.82) is 0 Å². The highest BCUT2D eigenvalue weighted by molar-refractivity contribution is 5.86. The van der Waals surface area contributed by atoms with E-state index < -0.39 is 24.8 Å². The number of rotatable bonds is 38. The van der Waals surface area contributed by atoms with Crippen molar-refractivity contribution in [2.75, 3.05) is 6.61 Å². The van der Waals surface area contributed by atoms with Gasteiger partial charge in [-0.25, -0.2) is 0 Å². The molecule has 0 fully saturated rings. The van der Waals surface area contributed by atoms with E-state index in [2.05, 4.69) is 13.8 Å². The Morgan fingerprint density at radius 2 is 0.696 bits per heavy atom. The predicted octanol–water partition coefficient (Wildman–Crippen LogP) is 12.1. The van der Waals surface area contributed by atoms with E-state index in [1.54, 1.807) is 0 Å². The summed E-state index contributed by atoms with van der Waals surface area (Å²) in [6.07, 6.45) is 38.8. The zero-order valence-corrected chi connectivity index (χ0v) is 31.0. The Balaban J connectivity index is 3.72. The second kappa shape index (κ2) is 36.9. The van der Waals surface area contributed by atoms with Gasteiger partial charge in [-0.2, -0.15) is 0 Å². The van der Waals surface area contributed by atoms with E-state index in [9.17, 15) is 19.8 Å². The number of hydrogen-bond donors (Lipinski definition) is 2. The molecule has 0 bridgehead atoms. The molecule has 0 aliphatic carbocycles. The van der Waals surface area contributed by atoms with Gasteiger partial charge in [-0.1, -0.05) is 206 Å². The Bertz CT molecular complexity index is 636. The number of ether oxygens (including phenoxy) is 1. The Kier molecular flexibility index (Phi) is 36.1. The predicted molar refractivity (Wildman–Crippen MR) is 196 cm³/mol. The second-order valence-corrected chi connectivity index (χ2v) is 14.2. The van der Waals surface area contributed by atoms with Crippen LogP contribution >= 0.6 is 0 Å². The molecule has 0 saturated heterocycles. The van der Waals surface area contributed by atoms with Gasteiger partial charge in [-0.15, -0.1) is 0 Å². The van der Waals surface area contributed by atoms with Crippen LogP contribution in [0.1, 0.15) is 232 Å². The van der Waals surface area contributed by atoms with E-state index in [0.29, 0.717) is 0 Å². The van der Waals surface area contributed by atoms with Gasteiger partial charge in [0.2, 0.25) is 0 Å². The molecule has 2 atom stereocenters. The third-order valence-corrected chi connectivity index (χ3v) is 9.62. The molecule has 0 saturated carbocycles. The maximum Gasteiger partial charge on any atom is 0.306 e. The number of esters is 1. The quantitative estimate of drug-likeness (QED) is 0.0512. The monoisotopic (exact) mass is 653 g/mol. The molecule has 0 aromatic rings. The van der Waals surface area contributed by atoms with Crippen LogP contribution in [0, 0.1) is 0 Å². The van der Waals surface area contributed by atoms with Crippen molar-refractivity contribution in [3.05, 3.63) is 0 Å². The first-order chi connectivity index (χ1) is 22.6. The van der Waals surface area contributed by atoms with Gasteiger partial charge < -0.3 is 14.9 Å². The van der Waals surface area contributed by atoms with Crippen LogP contribution in [0.3, 0.4) is 0 Å². The smallest absolute Gasteiger partial charge is 0.306 e. The number of hydrogen-bond acceptors (Lipinski definition) is 5. The van der Waals surface area contributed by atoms with Gasteiger partial charge in [0.15, 0.2) is 11.9 Å². The minimum absolute atomic E-state index is 0.263. The van der Waals surface area contributed by atoms with Crippen molar-refractivity contribution in [1.82, 2.24) is 0 Å². The van der Waals surface area contributed by atoms with Crippen molar-refractivity contribution in [2.24, 2.45) is 0 Å². The van der Waals surface area contributed by atoms with Gasteiger partial charge in [-0.3, -0.25) is 9.59 Å². The molecule has 274 valence electrons. The Labute approximate surface area is 286 Å². The van der Waals surface area contributed by atoms with Crippen molar-refractivity contribution in [2.45, 2.75) is 244 Å². The Morgan fingerprint density at radius 3 is 0.978 bits per heavy atom. The molecule has 5 nitrogen and oxygen atoms in total. The fraction of sp³-hybridized carbons (Fsp3) is 0.951. The lowest BCUT2D eigenvalue weighted by Crippen LogP contribution is -2.40. The Hall–Kier alpha value is -0.940. The summed E-state index contributed by atoms with van der Waals surface area (Å²) in [6.45, 7) is 3.96. The maximum atomic E-state index is 12.7. The fourth-order valence-electron chi connectivity index (χ4n) is 6.46. The first-order valence-corrected chi connectivity index (χ1v) is 20.6. The zero-order chi connectivity index (χ0) is 33.8. The average molecular weight is 653 g/mol. The molecule has 0 aliphatic heterocycles. The molecule has 0 aromatic carbocycles. The van der Waals surface area contributed by atoms with Crippen LogP contribution < -0.4 is 0 Å². The number of carbonyl (C=O) groups excluding carboxylic acids is 2. The van der Waals surface area contributed by atoms with Crippen LogP contribution in [0.4, 0.5) is 0 Å². The molecule has 46 heavy (non-hydrogen) atoms. The summed E-state index contributed by atoms with van der Waals surface area (Å²) in [6, 6.07) is 0. The molecule has 0 radical (unpaired) electrons. The average Bonchev–Trinajstić information content (AvgIpc) is 3.06. The summed E-state index contributed by atoms with van der Waals surface area (Å²) in [4.78, 5) is 25.1. The molecular formula is C41H80O5.